The minimum Gasteiger partial charge on any atom is -0.367 e. The smallest absolute Gasteiger partial charge is 0.216 e. The van der Waals surface area contributed by atoms with Gasteiger partial charge in [-0.3, -0.25) is 0 Å². The van der Waals surface area contributed by atoms with Crippen molar-refractivity contribution in [3.63, 3.8) is 0 Å². The summed E-state index contributed by atoms with van der Waals surface area (Å²) in [6.07, 6.45) is 1.58. The van der Waals surface area contributed by atoms with Crippen LogP contribution in [0, 0.1) is 20.8 Å². The van der Waals surface area contributed by atoms with E-state index in [1.54, 1.807) is 29.5 Å². The molecule has 3 heterocycles. The molecule has 0 radical (unpaired) electrons. The highest BCUT2D eigenvalue weighted by Gasteiger charge is 2.30. The monoisotopic (exact) mass is 382 g/mol. The van der Waals surface area contributed by atoms with Gasteiger partial charge in [-0.05, 0) is 53.0 Å². The number of nitrogens with zero attached hydrogens (tertiary/aromatic N) is 3. The second-order valence-electron chi connectivity index (χ2n) is 6.99. The molecule has 8 heteroatoms. The van der Waals surface area contributed by atoms with Crippen LogP contribution in [-0.2, 0) is 10.0 Å². The number of aromatic nitrogens is 2. The van der Waals surface area contributed by atoms with Crippen LogP contribution in [-0.4, -0.2) is 47.1 Å². The number of thiophene rings is 1. The fourth-order valence-electron chi connectivity index (χ4n) is 3.21. The van der Waals surface area contributed by atoms with E-state index in [1.165, 1.54) is 10.4 Å². The lowest BCUT2D eigenvalue weighted by Gasteiger charge is -2.33. The molecule has 0 amide bonds. The van der Waals surface area contributed by atoms with Gasteiger partial charge in [-0.15, -0.1) is 11.3 Å². The number of hydrogen-bond acceptors (Lipinski definition) is 6. The van der Waals surface area contributed by atoms with Crippen molar-refractivity contribution in [2.75, 3.05) is 18.4 Å². The first-order valence-electron chi connectivity index (χ1n) is 8.70. The minimum atomic E-state index is -3.16. The van der Waals surface area contributed by atoms with E-state index >= 15 is 0 Å². The zero-order valence-corrected chi connectivity index (χ0v) is 17.1. The van der Waals surface area contributed by atoms with Gasteiger partial charge in [-0.2, -0.15) is 0 Å². The molecule has 2 aromatic rings. The summed E-state index contributed by atoms with van der Waals surface area (Å²) in [5.74, 6) is 1.64. The summed E-state index contributed by atoms with van der Waals surface area (Å²) in [6.45, 7) is 10.7. The van der Waals surface area contributed by atoms with E-state index in [-0.39, 0.29) is 11.3 Å². The summed E-state index contributed by atoms with van der Waals surface area (Å²) in [5.41, 5.74) is 1.22. The first kappa shape index (κ1) is 18.5. The third-order valence-corrected chi connectivity index (χ3v) is 8.27. The Balaban J connectivity index is 1.78. The largest absolute Gasteiger partial charge is 0.367 e. The summed E-state index contributed by atoms with van der Waals surface area (Å²) in [4.78, 5) is 11.5. The Hall–Kier alpha value is -1.25. The summed E-state index contributed by atoms with van der Waals surface area (Å²) >= 11 is 1.70. The number of anilines is 1. The number of hydrogen-bond donors (Lipinski definition) is 1. The van der Waals surface area contributed by atoms with Crippen molar-refractivity contribution in [2.24, 2.45) is 0 Å². The Kier molecular flexibility index (Phi) is 5.05. The van der Waals surface area contributed by atoms with Crippen LogP contribution in [0.25, 0.3) is 10.2 Å². The Morgan fingerprint density at radius 2 is 1.80 bits per heavy atom. The maximum absolute atomic E-state index is 12.3. The molecule has 0 aliphatic carbocycles. The van der Waals surface area contributed by atoms with Crippen LogP contribution in [0.2, 0.25) is 0 Å². The Morgan fingerprint density at radius 1 is 1.16 bits per heavy atom. The first-order valence-corrected chi connectivity index (χ1v) is 11.0. The standard InChI is InChI=1S/C17H26N4O2S2/c1-10(2)25(22,23)21-8-6-14(7-9-21)20-16-15-11(3)12(4)24-17(15)19-13(5)18-16/h10,14H,6-9H2,1-5H3,(H,18,19,20). The molecular formula is C17H26N4O2S2. The van der Waals surface area contributed by atoms with E-state index < -0.39 is 10.0 Å². The fourth-order valence-corrected chi connectivity index (χ4v) is 5.60. The van der Waals surface area contributed by atoms with Gasteiger partial charge in [0.2, 0.25) is 10.0 Å². The first-order chi connectivity index (χ1) is 11.7. The van der Waals surface area contributed by atoms with Gasteiger partial charge in [-0.1, -0.05) is 0 Å². The molecule has 138 valence electrons. The molecule has 0 bridgehead atoms. The normalized spacial score (nSPS) is 17.5. The molecule has 0 atom stereocenters. The van der Waals surface area contributed by atoms with Gasteiger partial charge in [-0.25, -0.2) is 22.7 Å². The minimum absolute atomic E-state index is 0.232. The average molecular weight is 383 g/mol. The number of nitrogens with one attached hydrogen (secondary N) is 1. The molecule has 25 heavy (non-hydrogen) atoms. The van der Waals surface area contributed by atoms with Crippen molar-refractivity contribution >= 4 is 37.4 Å². The highest BCUT2D eigenvalue weighted by atomic mass is 32.2. The Morgan fingerprint density at radius 3 is 2.40 bits per heavy atom. The number of rotatable bonds is 4. The van der Waals surface area contributed by atoms with Crippen molar-refractivity contribution in [3.05, 3.63) is 16.3 Å². The van der Waals surface area contributed by atoms with E-state index in [9.17, 15) is 8.42 Å². The molecule has 1 N–H and O–H groups in total. The number of sulfonamides is 1. The van der Waals surface area contributed by atoms with Crippen molar-refractivity contribution in [1.82, 2.24) is 14.3 Å². The van der Waals surface area contributed by atoms with Gasteiger partial charge in [0.05, 0.1) is 10.6 Å². The van der Waals surface area contributed by atoms with Gasteiger partial charge in [0.15, 0.2) is 0 Å². The lowest BCUT2D eigenvalue weighted by atomic mass is 10.1. The van der Waals surface area contributed by atoms with Crippen LogP contribution in [0.15, 0.2) is 0 Å². The van der Waals surface area contributed by atoms with Crippen LogP contribution < -0.4 is 5.32 Å². The second kappa shape index (κ2) is 6.81. The van der Waals surface area contributed by atoms with E-state index in [4.69, 9.17) is 0 Å². The molecule has 1 fully saturated rings. The van der Waals surface area contributed by atoms with Gasteiger partial charge in [0.1, 0.15) is 16.5 Å². The maximum atomic E-state index is 12.3. The van der Waals surface area contributed by atoms with Gasteiger partial charge in [0.25, 0.3) is 0 Å². The fraction of sp³-hybridized carbons (Fsp3) is 0.647. The SMILES string of the molecule is Cc1nc(NC2CCN(S(=O)(=O)C(C)C)CC2)c2c(C)c(C)sc2n1. The average Bonchev–Trinajstić information content (AvgIpc) is 2.82. The molecule has 1 aliphatic rings. The zero-order valence-electron chi connectivity index (χ0n) is 15.5. The molecule has 6 nitrogen and oxygen atoms in total. The van der Waals surface area contributed by atoms with Gasteiger partial charge in [0, 0.05) is 24.0 Å². The predicted octanol–water partition coefficient (Wildman–Crippen LogP) is 3.23. The summed E-state index contributed by atoms with van der Waals surface area (Å²) in [5, 5.41) is 4.29. The highest BCUT2D eigenvalue weighted by Crippen LogP contribution is 2.34. The molecule has 0 spiro atoms. The molecule has 0 aromatic carbocycles. The van der Waals surface area contributed by atoms with Crippen molar-refractivity contribution in [3.8, 4) is 0 Å². The summed E-state index contributed by atoms with van der Waals surface area (Å²) in [6, 6.07) is 0.232. The van der Waals surface area contributed by atoms with Crippen LogP contribution in [0.5, 0.6) is 0 Å². The number of piperidine rings is 1. The molecule has 0 saturated carbocycles. The summed E-state index contributed by atoms with van der Waals surface area (Å²) in [7, 11) is -3.16. The van der Waals surface area contributed by atoms with Crippen molar-refractivity contribution in [1.29, 1.82) is 0 Å². The maximum Gasteiger partial charge on any atom is 0.216 e. The third-order valence-electron chi connectivity index (χ3n) is 4.89. The van der Waals surface area contributed by atoms with E-state index in [0.29, 0.717) is 13.1 Å². The summed E-state index contributed by atoms with van der Waals surface area (Å²) < 4.78 is 26.2. The zero-order chi connectivity index (χ0) is 18.4. The van der Waals surface area contributed by atoms with Crippen molar-refractivity contribution < 1.29 is 8.42 Å². The quantitative estimate of drug-likeness (QED) is 0.879. The van der Waals surface area contributed by atoms with E-state index in [0.717, 1.165) is 34.7 Å². The molecule has 1 aliphatic heterocycles. The van der Waals surface area contributed by atoms with Gasteiger partial charge < -0.3 is 5.32 Å². The molecule has 1 saturated heterocycles. The van der Waals surface area contributed by atoms with E-state index in [2.05, 4.69) is 29.1 Å². The van der Waals surface area contributed by atoms with Crippen molar-refractivity contribution in [2.45, 2.75) is 58.8 Å². The Labute approximate surface area is 153 Å². The highest BCUT2D eigenvalue weighted by molar-refractivity contribution is 7.89. The number of aryl methyl sites for hydroxylation is 3. The topological polar surface area (TPSA) is 75.2 Å². The molecular weight excluding hydrogens is 356 g/mol. The van der Waals surface area contributed by atoms with Crippen LogP contribution in [0.3, 0.4) is 0 Å². The lowest BCUT2D eigenvalue weighted by Crippen LogP contribution is -2.44. The van der Waals surface area contributed by atoms with E-state index in [1.807, 2.05) is 6.92 Å². The van der Waals surface area contributed by atoms with Crippen LogP contribution in [0.4, 0.5) is 5.82 Å². The Bertz CT molecular complexity index is 882. The van der Waals surface area contributed by atoms with Crippen LogP contribution in [0.1, 0.15) is 43.0 Å². The van der Waals surface area contributed by atoms with Gasteiger partial charge >= 0.3 is 0 Å². The molecule has 3 rings (SSSR count). The van der Waals surface area contributed by atoms with Crippen LogP contribution >= 0.6 is 11.3 Å². The predicted molar refractivity (Wildman–Crippen MR) is 104 cm³/mol. The second-order valence-corrected chi connectivity index (χ2v) is 10.7. The molecule has 0 unspecified atom stereocenters. The lowest BCUT2D eigenvalue weighted by molar-refractivity contribution is 0.327. The molecule has 2 aromatic heterocycles. The number of fused-ring (bicyclic) bond motifs is 1. The third kappa shape index (κ3) is 3.52.